The van der Waals surface area contributed by atoms with Gasteiger partial charge in [0.1, 0.15) is 11.8 Å². The summed E-state index contributed by atoms with van der Waals surface area (Å²) in [5, 5.41) is 19.2. The standard InChI is InChI=1S/C14H14BrNO4S/c15-8-3-4-9(11(17)5-8)12(18)16-10(14(19)20)6-21-13(16)7-1-2-7/h3-5,7,10,13,17H,1-2,6H2,(H,19,20). The maximum atomic E-state index is 12.7. The van der Waals surface area contributed by atoms with Crippen molar-refractivity contribution in [2.45, 2.75) is 24.3 Å². The number of aliphatic carboxylic acids is 1. The van der Waals surface area contributed by atoms with Gasteiger partial charge < -0.3 is 15.1 Å². The zero-order chi connectivity index (χ0) is 15.1. The molecule has 1 aromatic carbocycles. The van der Waals surface area contributed by atoms with Crippen LogP contribution in [0.3, 0.4) is 0 Å². The van der Waals surface area contributed by atoms with Gasteiger partial charge in [-0.2, -0.15) is 0 Å². The van der Waals surface area contributed by atoms with Crippen LogP contribution in [0.2, 0.25) is 0 Å². The van der Waals surface area contributed by atoms with Gasteiger partial charge in [0.2, 0.25) is 0 Å². The number of phenolic OH excluding ortho intramolecular Hbond substituents is 1. The minimum absolute atomic E-state index is 0.0957. The molecule has 5 nitrogen and oxygen atoms in total. The molecule has 1 aliphatic carbocycles. The molecule has 21 heavy (non-hydrogen) atoms. The van der Waals surface area contributed by atoms with Crippen molar-refractivity contribution in [1.82, 2.24) is 4.90 Å². The number of rotatable bonds is 3. The van der Waals surface area contributed by atoms with Gasteiger partial charge in [-0.1, -0.05) is 15.9 Å². The van der Waals surface area contributed by atoms with Gasteiger partial charge in [0.15, 0.2) is 0 Å². The molecule has 3 rings (SSSR count). The minimum atomic E-state index is -0.990. The van der Waals surface area contributed by atoms with Gasteiger partial charge in [0.25, 0.3) is 5.91 Å². The van der Waals surface area contributed by atoms with E-state index < -0.39 is 17.9 Å². The third kappa shape index (κ3) is 2.76. The molecule has 1 aromatic rings. The first-order valence-corrected chi connectivity index (χ1v) is 8.49. The zero-order valence-electron chi connectivity index (χ0n) is 11.0. The van der Waals surface area contributed by atoms with Crippen molar-refractivity contribution in [1.29, 1.82) is 0 Å². The van der Waals surface area contributed by atoms with E-state index >= 15 is 0 Å². The Hall–Kier alpha value is -1.21. The lowest BCUT2D eigenvalue weighted by atomic mass is 10.1. The van der Waals surface area contributed by atoms with E-state index in [0.29, 0.717) is 16.1 Å². The van der Waals surface area contributed by atoms with Crippen LogP contribution in [0.15, 0.2) is 22.7 Å². The fraction of sp³-hybridized carbons (Fsp3) is 0.429. The molecule has 2 atom stereocenters. The van der Waals surface area contributed by atoms with Crippen molar-refractivity contribution >= 4 is 39.6 Å². The molecule has 112 valence electrons. The fourth-order valence-electron chi connectivity index (χ4n) is 2.54. The molecule has 1 saturated carbocycles. The summed E-state index contributed by atoms with van der Waals surface area (Å²) in [6.07, 6.45) is 2.06. The Kier molecular flexibility index (Phi) is 3.88. The summed E-state index contributed by atoms with van der Waals surface area (Å²) < 4.78 is 0.667. The Morgan fingerprint density at radius 1 is 1.33 bits per heavy atom. The van der Waals surface area contributed by atoms with Crippen molar-refractivity contribution < 1.29 is 19.8 Å². The van der Waals surface area contributed by atoms with Crippen molar-refractivity contribution in [3.05, 3.63) is 28.2 Å². The number of halogens is 1. The second-order valence-electron chi connectivity index (χ2n) is 5.29. The van der Waals surface area contributed by atoms with Crippen LogP contribution in [0.4, 0.5) is 0 Å². The molecule has 7 heteroatoms. The van der Waals surface area contributed by atoms with E-state index in [1.54, 1.807) is 6.07 Å². The van der Waals surface area contributed by atoms with E-state index in [1.807, 2.05) is 0 Å². The molecule has 0 aromatic heterocycles. The van der Waals surface area contributed by atoms with Gasteiger partial charge in [-0.3, -0.25) is 4.79 Å². The monoisotopic (exact) mass is 371 g/mol. The van der Waals surface area contributed by atoms with E-state index in [4.69, 9.17) is 0 Å². The molecular weight excluding hydrogens is 358 g/mol. The van der Waals surface area contributed by atoms with Crippen LogP contribution in [0.1, 0.15) is 23.2 Å². The number of carboxylic acid groups (broad SMARTS) is 1. The number of phenols is 1. The van der Waals surface area contributed by atoms with Crippen molar-refractivity contribution in [3.63, 3.8) is 0 Å². The van der Waals surface area contributed by atoms with Crippen LogP contribution in [-0.2, 0) is 4.79 Å². The number of hydrogen-bond acceptors (Lipinski definition) is 4. The molecule has 1 amide bonds. The Morgan fingerprint density at radius 3 is 2.62 bits per heavy atom. The number of amides is 1. The lowest BCUT2D eigenvalue weighted by Gasteiger charge is -2.27. The van der Waals surface area contributed by atoms with Crippen molar-refractivity contribution in [2.75, 3.05) is 5.75 Å². The molecule has 0 radical (unpaired) electrons. The smallest absolute Gasteiger partial charge is 0.327 e. The lowest BCUT2D eigenvalue weighted by molar-refractivity contribution is -0.141. The van der Waals surface area contributed by atoms with Crippen molar-refractivity contribution in [3.8, 4) is 5.75 Å². The Morgan fingerprint density at radius 2 is 2.05 bits per heavy atom. The Bertz CT molecular complexity index is 605. The summed E-state index contributed by atoms with van der Waals surface area (Å²) in [6.45, 7) is 0. The number of hydrogen-bond donors (Lipinski definition) is 2. The highest BCUT2D eigenvalue weighted by molar-refractivity contribution is 9.10. The van der Waals surface area contributed by atoms with Crippen molar-refractivity contribution in [2.24, 2.45) is 5.92 Å². The van der Waals surface area contributed by atoms with Crippen LogP contribution >= 0.6 is 27.7 Å². The summed E-state index contributed by atoms with van der Waals surface area (Å²) in [7, 11) is 0. The quantitative estimate of drug-likeness (QED) is 0.853. The molecule has 1 aliphatic heterocycles. The third-order valence-corrected chi connectivity index (χ3v) is 5.72. The Labute approximate surface area is 134 Å². The molecule has 2 N–H and O–H groups in total. The maximum Gasteiger partial charge on any atom is 0.327 e. The molecule has 2 fully saturated rings. The van der Waals surface area contributed by atoms with Crippen LogP contribution in [-0.4, -0.2) is 44.2 Å². The predicted octanol–water partition coefficient (Wildman–Crippen LogP) is 2.53. The number of carbonyl (C=O) groups is 2. The fourth-order valence-corrected chi connectivity index (χ4v) is 4.52. The second kappa shape index (κ2) is 5.53. The minimum Gasteiger partial charge on any atom is -0.507 e. The van der Waals surface area contributed by atoms with Crippen LogP contribution in [0.5, 0.6) is 5.75 Å². The Balaban J connectivity index is 1.93. The van der Waals surface area contributed by atoms with E-state index in [-0.39, 0.29) is 16.7 Å². The van der Waals surface area contributed by atoms with Gasteiger partial charge in [0, 0.05) is 10.2 Å². The average molecular weight is 372 g/mol. The first-order chi connectivity index (χ1) is 9.99. The SMILES string of the molecule is O=C(O)C1CSC(C2CC2)N1C(=O)c1ccc(Br)cc1O. The molecular formula is C14H14BrNO4S. The molecule has 0 bridgehead atoms. The number of carboxylic acids is 1. The highest BCUT2D eigenvalue weighted by Crippen LogP contribution is 2.46. The highest BCUT2D eigenvalue weighted by atomic mass is 79.9. The summed E-state index contributed by atoms with van der Waals surface area (Å²) >= 11 is 4.75. The van der Waals surface area contributed by atoms with Gasteiger partial charge in [-0.05, 0) is 37.0 Å². The number of thioether (sulfide) groups is 1. The lowest BCUT2D eigenvalue weighted by Crippen LogP contribution is -2.46. The van der Waals surface area contributed by atoms with Gasteiger partial charge in [-0.25, -0.2) is 4.79 Å². The summed E-state index contributed by atoms with van der Waals surface area (Å²) in [4.78, 5) is 25.5. The molecule has 2 unspecified atom stereocenters. The van der Waals surface area contributed by atoms with E-state index in [0.717, 1.165) is 12.8 Å². The predicted molar refractivity (Wildman–Crippen MR) is 82.4 cm³/mol. The van der Waals surface area contributed by atoms with Crippen LogP contribution in [0.25, 0.3) is 0 Å². The zero-order valence-corrected chi connectivity index (χ0v) is 13.4. The van der Waals surface area contributed by atoms with Crippen LogP contribution in [0, 0.1) is 5.92 Å². The largest absolute Gasteiger partial charge is 0.507 e. The van der Waals surface area contributed by atoms with Crippen LogP contribution < -0.4 is 0 Å². The average Bonchev–Trinajstić information content (AvgIpc) is 3.16. The summed E-state index contributed by atoms with van der Waals surface area (Å²) in [5.41, 5.74) is 0.151. The molecule has 1 heterocycles. The number of nitrogens with zero attached hydrogens (tertiary/aromatic N) is 1. The third-order valence-electron chi connectivity index (χ3n) is 3.77. The normalized spacial score (nSPS) is 25.1. The molecule has 2 aliphatic rings. The first-order valence-electron chi connectivity index (χ1n) is 6.64. The number of aromatic hydroxyl groups is 1. The van der Waals surface area contributed by atoms with Gasteiger partial charge in [-0.15, -0.1) is 11.8 Å². The molecule has 1 saturated heterocycles. The van der Waals surface area contributed by atoms with E-state index in [1.165, 1.54) is 28.8 Å². The first kappa shape index (κ1) is 14.7. The maximum absolute atomic E-state index is 12.7. The number of carbonyl (C=O) groups excluding carboxylic acids is 1. The van der Waals surface area contributed by atoms with Gasteiger partial charge >= 0.3 is 5.97 Å². The van der Waals surface area contributed by atoms with Gasteiger partial charge in [0.05, 0.1) is 10.9 Å². The molecule has 0 spiro atoms. The number of benzene rings is 1. The highest BCUT2D eigenvalue weighted by Gasteiger charge is 2.48. The summed E-state index contributed by atoms with van der Waals surface area (Å²) in [6, 6.07) is 3.81. The summed E-state index contributed by atoms with van der Waals surface area (Å²) in [5.74, 6) is -0.754. The topological polar surface area (TPSA) is 77.8 Å². The van der Waals surface area contributed by atoms with E-state index in [9.17, 15) is 19.8 Å². The van der Waals surface area contributed by atoms with E-state index in [2.05, 4.69) is 15.9 Å². The second-order valence-corrected chi connectivity index (χ2v) is 7.35.